The third-order valence-corrected chi connectivity index (χ3v) is 5.03. The number of amides is 1. The van der Waals surface area contributed by atoms with Crippen molar-refractivity contribution in [2.75, 3.05) is 7.05 Å². The van der Waals surface area contributed by atoms with E-state index in [1.54, 1.807) is 36.4 Å². The Morgan fingerprint density at radius 2 is 1.56 bits per heavy atom. The van der Waals surface area contributed by atoms with Gasteiger partial charge in [0.25, 0.3) is 0 Å². The molecule has 27 heavy (non-hydrogen) atoms. The number of carbonyl (C=O) groups is 1. The third kappa shape index (κ3) is 7.32. The van der Waals surface area contributed by atoms with Crippen molar-refractivity contribution in [3.63, 3.8) is 0 Å². The predicted molar refractivity (Wildman–Crippen MR) is 96.8 cm³/mol. The first kappa shape index (κ1) is 20.8. The second-order valence-electron chi connectivity index (χ2n) is 5.76. The van der Waals surface area contributed by atoms with Crippen LogP contribution >= 0.6 is 0 Å². The number of halogens is 2. The van der Waals surface area contributed by atoms with Crippen molar-refractivity contribution in [2.24, 2.45) is 0 Å². The van der Waals surface area contributed by atoms with E-state index in [-0.39, 0.29) is 23.8 Å². The standard InChI is InChI=1S/C18H20F2N2O4S/c1-21-27(24,25)12-15-4-2-14(3-5-15)11-22-17(23)10-13-6-8-16(9-7-13)26-18(19)20/h2-9,18,21H,10-12H2,1H3,(H,22,23). The number of hydrogen-bond donors (Lipinski definition) is 2. The maximum absolute atomic E-state index is 12.1. The van der Waals surface area contributed by atoms with Crippen LogP contribution in [0.15, 0.2) is 48.5 Å². The minimum atomic E-state index is -3.33. The van der Waals surface area contributed by atoms with Gasteiger partial charge in [0.2, 0.25) is 15.9 Å². The first-order chi connectivity index (χ1) is 12.8. The first-order valence-electron chi connectivity index (χ1n) is 8.07. The van der Waals surface area contributed by atoms with Gasteiger partial charge in [0.15, 0.2) is 0 Å². The fraction of sp³-hybridized carbons (Fsp3) is 0.278. The van der Waals surface area contributed by atoms with Crippen LogP contribution in [-0.2, 0) is 33.5 Å². The summed E-state index contributed by atoms with van der Waals surface area (Å²) < 4.78 is 53.7. The van der Waals surface area contributed by atoms with Gasteiger partial charge in [-0.15, -0.1) is 0 Å². The van der Waals surface area contributed by atoms with Gasteiger partial charge in [-0.3, -0.25) is 4.79 Å². The molecule has 0 spiro atoms. The van der Waals surface area contributed by atoms with Gasteiger partial charge in [-0.1, -0.05) is 36.4 Å². The summed E-state index contributed by atoms with van der Waals surface area (Å²) in [5.41, 5.74) is 2.14. The van der Waals surface area contributed by atoms with Crippen LogP contribution in [0, 0.1) is 0 Å². The molecule has 146 valence electrons. The molecule has 2 aromatic rings. The number of ether oxygens (including phenoxy) is 1. The average Bonchev–Trinajstić information content (AvgIpc) is 2.62. The lowest BCUT2D eigenvalue weighted by Gasteiger charge is -2.08. The van der Waals surface area contributed by atoms with Crippen molar-refractivity contribution in [3.8, 4) is 5.75 Å². The quantitative estimate of drug-likeness (QED) is 0.678. The Bertz CT molecular complexity index is 854. The summed E-state index contributed by atoms with van der Waals surface area (Å²) in [6.45, 7) is -2.59. The van der Waals surface area contributed by atoms with Gasteiger partial charge in [-0.25, -0.2) is 13.1 Å². The molecule has 0 saturated carbocycles. The van der Waals surface area contributed by atoms with Crippen molar-refractivity contribution in [3.05, 3.63) is 65.2 Å². The number of carbonyl (C=O) groups excluding carboxylic acids is 1. The van der Waals surface area contributed by atoms with E-state index in [1.165, 1.54) is 19.2 Å². The number of nitrogens with one attached hydrogen (secondary N) is 2. The molecule has 0 fully saturated rings. The number of alkyl halides is 2. The van der Waals surface area contributed by atoms with Crippen LogP contribution in [0.25, 0.3) is 0 Å². The summed E-state index contributed by atoms with van der Waals surface area (Å²) in [4.78, 5) is 12.0. The van der Waals surface area contributed by atoms with Crippen LogP contribution < -0.4 is 14.8 Å². The highest BCUT2D eigenvalue weighted by atomic mass is 32.2. The summed E-state index contributed by atoms with van der Waals surface area (Å²) in [6, 6.07) is 12.7. The Morgan fingerprint density at radius 1 is 1.00 bits per heavy atom. The molecule has 2 aromatic carbocycles. The molecule has 0 aromatic heterocycles. The van der Waals surface area contributed by atoms with E-state index in [0.717, 1.165) is 5.56 Å². The van der Waals surface area contributed by atoms with Crippen LogP contribution in [0.2, 0.25) is 0 Å². The molecule has 0 radical (unpaired) electrons. The maximum atomic E-state index is 12.1. The molecule has 2 rings (SSSR count). The molecule has 9 heteroatoms. The molecular formula is C18H20F2N2O4S. The minimum Gasteiger partial charge on any atom is -0.435 e. The molecular weight excluding hydrogens is 378 g/mol. The van der Waals surface area contributed by atoms with Crippen LogP contribution in [-0.4, -0.2) is 28.0 Å². The van der Waals surface area contributed by atoms with E-state index < -0.39 is 16.6 Å². The zero-order valence-corrected chi connectivity index (χ0v) is 15.4. The van der Waals surface area contributed by atoms with Crippen molar-refractivity contribution < 1.29 is 26.7 Å². The molecule has 2 N–H and O–H groups in total. The maximum Gasteiger partial charge on any atom is 0.387 e. The topological polar surface area (TPSA) is 84.5 Å². The number of sulfonamides is 1. The number of hydrogen-bond acceptors (Lipinski definition) is 4. The highest BCUT2D eigenvalue weighted by Crippen LogP contribution is 2.15. The molecule has 0 heterocycles. The molecule has 0 aliphatic heterocycles. The Balaban J connectivity index is 1.83. The van der Waals surface area contributed by atoms with Crippen molar-refractivity contribution >= 4 is 15.9 Å². The van der Waals surface area contributed by atoms with Crippen molar-refractivity contribution in [1.29, 1.82) is 0 Å². The van der Waals surface area contributed by atoms with Crippen LogP contribution in [0.3, 0.4) is 0 Å². The average molecular weight is 398 g/mol. The summed E-state index contributed by atoms with van der Waals surface area (Å²) in [5, 5.41) is 2.75. The SMILES string of the molecule is CNS(=O)(=O)Cc1ccc(CNC(=O)Cc2ccc(OC(F)F)cc2)cc1. The number of benzene rings is 2. The zero-order valence-electron chi connectivity index (χ0n) is 14.6. The lowest BCUT2D eigenvalue weighted by Crippen LogP contribution is -2.24. The Labute approximate surface area is 156 Å². The van der Waals surface area contributed by atoms with E-state index in [1.807, 2.05) is 0 Å². The van der Waals surface area contributed by atoms with Gasteiger partial charge in [0, 0.05) is 6.54 Å². The van der Waals surface area contributed by atoms with Gasteiger partial charge >= 0.3 is 6.61 Å². The Hall–Kier alpha value is -2.52. The highest BCUT2D eigenvalue weighted by molar-refractivity contribution is 7.88. The van der Waals surface area contributed by atoms with Gasteiger partial charge in [0.1, 0.15) is 5.75 Å². The van der Waals surface area contributed by atoms with E-state index in [2.05, 4.69) is 14.8 Å². The second-order valence-corrected chi connectivity index (χ2v) is 7.68. The summed E-state index contributed by atoms with van der Waals surface area (Å²) in [7, 11) is -1.97. The smallest absolute Gasteiger partial charge is 0.387 e. The largest absolute Gasteiger partial charge is 0.435 e. The van der Waals surface area contributed by atoms with E-state index >= 15 is 0 Å². The van der Waals surface area contributed by atoms with Gasteiger partial charge in [-0.2, -0.15) is 8.78 Å². The van der Waals surface area contributed by atoms with E-state index in [9.17, 15) is 22.0 Å². The van der Waals surface area contributed by atoms with Crippen molar-refractivity contribution in [1.82, 2.24) is 10.0 Å². The Morgan fingerprint density at radius 3 is 2.11 bits per heavy atom. The molecule has 0 saturated heterocycles. The molecule has 0 atom stereocenters. The monoisotopic (exact) mass is 398 g/mol. The highest BCUT2D eigenvalue weighted by Gasteiger charge is 2.09. The third-order valence-electron chi connectivity index (χ3n) is 3.69. The summed E-state index contributed by atoms with van der Waals surface area (Å²) in [6.07, 6.45) is 0.105. The number of rotatable bonds is 9. The molecule has 0 aliphatic carbocycles. The van der Waals surface area contributed by atoms with Gasteiger partial charge < -0.3 is 10.1 Å². The van der Waals surface area contributed by atoms with Crippen LogP contribution in [0.1, 0.15) is 16.7 Å². The minimum absolute atomic E-state index is 0.0366. The predicted octanol–water partition coefficient (Wildman–Crippen LogP) is 2.20. The molecule has 0 aliphatic rings. The van der Waals surface area contributed by atoms with E-state index in [4.69, 9.17) is 0 Å². The second kappa shape index (κ2) is 9.43. The normalized spacial score (nSPS) is 11.4. The van der Waals surface area contributed by atoms with Gasteiger partial charge in [-0.05, 0) is 35.9 Å². The lowest BCUT2D eigenvalue weighted by molar-refractivity contribution is -0.120. The first-order valence-corrected chi connectivity index (χ1v) is 9.72. The summed E-state index contributed by atoms with van der Waals surface area (Å²) >= 11 is 0. The van der Waals surface area contributed by atoms with E-state index in [0.29, 0.717) is 17.7 Å². The molecule has 1 amide bonds. The molecule has 6 nitrogen and oxygen atoms in total. The Kier molecular flexibility index (Phi) is 7.26. The lowest BCUT2D eigenvalue weighted by atomic mass is 10.1. The van der Waals surface area contributed by atoms with Gasteiger partial charge in [0.05, 0.1) is 12.2 Å². The molecule has 0 unspecified atom stereocenters. The van der Waals surface area contributed by atoms with Crippen LogP contribution in [0.5, 0.6) is 5.75 Å². The zero-order chi connectivity index (χ0) is 19.9. The fourth-order valence-electron chi connectivity index (χ4n) is 2.28. The van der Waals surface area contributed by atoms with Crippen LogP contribution in [0.4, 0.5) is 8.78 Å². The fourth-order valence-corrected chi connectivity index (χ4v) is 3.06. The molecule has 0 bridgehead atoms. The summed E-state index contributed by atoms with van der Waals surface area (Å²) in [5.74, 6) is -0.296. The van der Waals surface area contributed by atoms with Crippen molar-refractivity contribution in [2.45, 2.75) is 25.3 Å².